The number of ketones is 1. The van der Waals surface area contributed by atoms with E-state index in [0.29, 0.717) is 11.1 Å². The first-order chi connectivity index (χ1) is 7.18. The Morgan fingerprint density at radius 2 is 2.27 bits per heavy atom. The van der Waals surface area contributed by atoms with Gasteiger partial charge in [-0.25, -0.2) is 4.39 Å². The molecule has 0 aliphatic heterocycles. The number of rotatable bonds is 2. The smallest absolute Gasteiger partial charge is 0.182 e. The molecule has 1 aromatic heterocycles. The second-order valence-electron chi connectivity index (χ2n) is 3.14. The highest BCUT2D eigenvalue weighted by Crippen LogP contribution is 2.23. The number of carbonyl (C=O) groups is 1. The first-order valence-electron chi connectivity index (χ1n) is 4.40. The summed E-state index contributed by atoms with van der Waals surface area (Å²) in [6, 6.07) is 5.94. The maximum absolute atomic E-state index is 13.0. The van der Waals surface area contributed by atoms with E-state index in [2.05, 4.69) is 5.16 Å². The van der Waals surface area contributed by atoms with Crippen molar-refractivity contribution in [1.82, 2.24) is 5.16 Å². The number of nitrogens with zero attached hydrogens (tertiary/aromatic N) is 1. The van der Waals surface area contributed by atoms with Gasteiger partial charge in [-0.2, -0.15) is 0 Å². The summed E-state index contributed by atoms with van der Waals surface area (Å²) < 4.78 is 17.7. The summed E-state index contributed by atoms with van der Waals surface area (Å²) in [6.07, 6.45) is 1.34. The van der Waals surface area contributed by atoms with Crippen LogP contribution in [0.1, 0.15) is 17.4 Å². The minimum atomic E-state index is -0.358. The van der Waals surface area contributed by atoms with Gasteiger partial charge in [0.2, 0.25) is 0 Å². The van der Waals surface area contributed by atoms with Crippen LogP contribution in [-0.2, 0) is 0 Å². The Labute approximate surface area is 85.5 Å². The lowest BCUT2D eigenvalue weighted by atomic mass is 10.1. The van der Waals surface area contributed by atoms with E-state index in [-0.39, 0.29) is 17.3 Å². The molecule has 1 aromatic carbocycles. The third-order valence-corrected chi connectivity index (χ3v) is 2.04. The summed E-state index contributed by atoms with van der Waals surface area (Å²) in [6.45, 7) is 1.39. The maximum Gasteiger partial charge on any atom is 0.182 e. The molecule has 0 radical (unpaired) electrons. The zero-order chi connectivity index (χ0) is 10.8. The van der Waals surface area contributed by atoms with Crippen molar-refractivity contribution in [2.24, 2.45) is 0 Å². The molecule has 3 nitrogen and oxygen atoms in total. The van der Waals surface area contributed by atoms with Crippen LogP contribution >= 0.6 is 0 Å². The molecule has 0 aliphatic carbocycles. The SMILES string of the molecule is CC(=O)c1nocc1-c1cccc(F)c1. The van der Waals surface area contributed by atoms with E-state index in [0.717, 1.165) is 0 Å². The van der Waals surface area contributed by atoms with Crippen molar-refractivity contribution >= 4 is 5.78 Å². The van der Waals surface area contributed by atoms with Crippen LogP contribution in [0, 0.1) is 5.82 Å². The summed E-state index contributed by atoms with van der Waals surface area (Å²) in [4.78, 5) is 11.2. The van der Waals surface area contributed by atoms with Gasteiger partial charge in [0.15, 0.2) is 11.5 Å². The number of carbonyl (C=O) groups excluding carboxylic acids is 1. The van der Waals surface area contributed by atoms with Gasteiger partial charge in [-0.1, -0.05) is 17.3 Å². The molecule has 0 saturated carbocycles. The molecular weight excluding hydrogens is 197 g/mol. The lowest BCUT2D eigenvalue weighted by molar-refractivity contribution is 0.100. The zero-order valence-corrected chi connectivity index (χ0v) is 8.03. The van der Waals surface area contributed by atoms with Gasteiger partial charge >= 0.3 is 0 Å². The van der Waals surface area contributed by atoms with Crippen molar-refractivity contribution in [1.29, 1.82) is 0 Å². The monoisotopic (exact) mass is 205 g/mol. The summed E-state index contributed by atoms with van der Waals surface area (Å²) in [5, 5.41) is 3.57. The van der Waals surface area contributed by atoms with Crippen molar-refractivity contribution in [2.75, 3.05) is 0 Å². The Bertz CT molecular complexity index is 505. The molecule has 0 saturated heterocycles. The van der Waals surface area contributed by atoms with E-state index < -0.39 is 0 Å². The molecule has 1 heterocycles. The Kier molecular flexibility index (Phi) is 2.33. The van der Waals surface area contributed by atoms with Gasteiger partial charge in [-0.3, -0.25) is 4.79 Å². The molecule has 0 spiro atoms. The van der Waals surface area contributed by atoms with Gasteiger partial charge in [-0.05, 0) is 17.7 Å². The number of halogens is 1. The van der Waals surface area contributed by atoms with Gasteiger partial charge in [0.25, 0.3) is 0 Å². The highest BCUT2D eigenvalue weighted by molar-refractivity contribution is 5.98. The molecule has 0 aliphatic rings. The van der Waals surface area contributed by atoms with Crippen LogP contribution < -0.4 is 0 Å². The number of benzene rings is 1. The first-order valence-corrected chi connectivity index (χ1v) is 4.40. The van der Waals surface area contributed by atoms with Gasteiger partial charge in [-0.15, -0.1) is 0 Å². The zero-order valence-electron chi connectivity index (χ0n) is 8.03. The van der Waals surface area contributed by atoms with E-state index in [9.17, 15) is 9.18 Å². The van der Waals surface area contributed by atoms with E-state index in [1.807, 2.05) is 0 Å². The molecular formula is C11H8FNO2. The molecule has 2 rings (SSSR count). The van der Waals surface area contributed by atoms with Crippen LogP contribution in [0.3, 0.4) is 0 Å². The normalized spacial score (nSPS) is 10.3. The van der Waals surface area contributed by atoms with Crippen LogP contribution in [0.5, 0.6) is 0 Å². The van der Waals surface area contributed by atoms with Crippen molar-refractivity contribution < 1.29 is 13.7 Å². The predicted molar refractivity (Wildman–Crippen MR) is 51.9 cm³/mol. The van der Waals surface area contributed by atoms with Crippen LogP contribution in [-0.4, -0.2) is 10.9 Å². The third kappa shape index (κ3) is 1.79. The summed E-state index contributed by atoms with van der Waals surface area (Å²) in [7, 11) is 0. The minimum absolute atomic E-state index is 0.206. The van der Waals surface area contributed by atoms with Crippen molar-refractivity contribution in [3.8, 4) is 11.1 Å². The fourth-order valence-electron chi connectivity index (χ4n) is 1.35. The molecule has 0 unspecified atom stereocenters. The summed E-state index contributed by atoms with van der Waals surface area (Å²) in [5.41, 5.74) is 1.32. The lowest BCUT2D eigenvalue weighted by Crippen LogP contribution is -1.94. The standard InChI is InChI=1S/C11H8FNO2/c1-7(14)11-10(6-15-13-11)8-3-2-4-9(12)5-8/h2-6H,1H3. The van der Waals surface area contributed by atoms with Crippen LogP contribution in [0.15, 0.2) is 35.1 Å². The van der Waals surface area contributed by atoms with Gasteiger partial charge in [0, 0.05) is 6.92 Å². The van der Waals surface area contributed by atoms with Crippen molar-refractivity contribution in [3.63, 3.8) is 0 Å². The molecule has 0 atom stereocenters. The lowest BCUT2D eigenvalue weighted by Gasteiger charge is -1.98. The third-order valence-electron chi connectivity index (χ3n) is 2.04. The molecule has 15 heavy (non-hydrogen) atoms. The predicted octanol–water partition coefficient (Wildman–Crippen LogP) is 2.68. The molecule has 0 amide bonds. The summed E-state index contributed by atoms with van der Waals surface area (Å²) in [5.74, 6) is -0.564. The minimum Gasteiger partial charge on any atom is -0.363 e. The fraction of sp³-hybridized carbons (Fsp3) is 0.0909. The van der Waals surface area contributed by atoms with Crippen LogP contribution in [0.25, 0.3) is 11.1 Å². The maximum atomic E-state index is 13.0. The van der Waals surface area contributed by atoms with E-state index in [1.54, 1.807) is 12.1 Å². The number of hydrogen-bond donors (Lipinski definition) is 0. The molecule has 76 valence electrons. The number of Topliss-reactive ketones (excluding diaryl/α,β-unsaturated/α-hetero) is 1. The van der Waals surface area contributed by atoms with E-state index in [1.165, 1.54) is 25.3 Å². The van der Waals surface area contributed by atoms with Crippen LogP contribution in [0.2, 0.25) is 0 Å². The quantitative estimate of drug-likeness (QED) is 0.708. The topological polar surface area (TPSA) is 43.1 Å². The molecule has 0 bridgehead atoms. The molecule has 4 heteroatoms. The fourth-order valence-corrected chi connectivity index (χ4v) is 1.35. The highest BCUT2D eigenvalue weighted by Gasteiger charge is 2.13. The van der Waals surface area contributed by atoms with E-state index in [4.69, 9.17) is 4.52 Å². The second-order valence-corrected chi connectivity index (χ2v) is 3.14. The Hall–Kier alpha value is -1.97. The highest BCUT2D eigenvalue weighted by atomic mass is 19.1. The average molecular weight is 205 g/mol. The van der Waals surface area contributed by atoms with Gasteiger partial charge < -0.3 is 4.52 Å². The Morgan fingerprint density at radius 1 is 1.47 bits per heavy atom. The van der Waals surface area contributed by atoms with Crippen molar-refractivity contribution in [2.45, 2.75) is 6.92 Å². The Balaban J connectivity index is 2.54. The van der Waals surface area contributed by atoms with Crippen LogP contribution in [0.4, 0.5) is 4.39 Å². The average Bonchev–Trinajstić information content (AvgIpc) is 2.65. The Morgan fingerprint density at radius 3 is 2.93 bits per heavy atom. The second kappa shape index (κ2) is 3.65. The summed E-state index contributed by atoms with van der Waals surface area (Å²) >= 11 is 0. The van der Waals surface area contributed by atoms with Crippen molar-refractivity contribution in [3.05, 3.63) is 42.0 Å². The molecule has 0 N–H and O–H groups in total. The number of aromatic nitrogens is 1. The number of hydrogen-bond acceptors (Lipinski definition) is 3. The van der Waals surface area contributed by atoms with E-state index >= 15 is 0 Å². The largest absolute Gasteiger partial charge is 0.363 e. The molecule has 0 fully saturated rings. The van der Waals surface area contributed by atoms with Gasteiger partial charge in [0.05, 0.1) is 5.56 Å². The first kappa shape index (κ1) is 9.58. The molecule has 2 aromatic rings. The van der Waals surface area contributed by atoms with Gasteiger partial charge in [0.1, 0.15) is 12.1 Å².